The van der Waals surface area contributed by atoms with E-state index in [9.17, 15) is 18.0 Å². The van der Waals surface area contributed by atoms with Crippen LogP contribution in [0.4, 0.5) is 18.9 Å². The first kappa shape index (κ1) is 19.9. The molecule has 2 N–H and O–H groups in total. The molecule has 0 amide bonds. The van der Waals surface area contributed by atoms with Gasteiger partial charge in [-0.05, 0) is 30.9 Å². The number of hydrogen-bond acceptors (Lipinski definition) is 5. The second-order valence-corrected chi connectivity index (χ2v) is 10.3. The molecule has 0 atom stereocenters. The first-order valence-electron chi connectivity index (χ1n) is 7.32. The lowest BCUT2D eigenvalue weighted by molar-refractivity contribution is 0.0590. The first-order valence-corrected chi connectivity index (χ1v) is 10.2. The van der Waals surface area contributed by atoms with E-state index in [2.05, 4.69) is 9.72 Å². The number of aromatic nitrogens is 1. The van der Waals surface area contributed by atoms with E-state index in [0.29, 0.717) is 0 Å². The third-order valence-electron chi connectivity index (χ3n) is 3.67. The maximum absolute atomic E-state index is 14.6. The quantitative estimate of drug-likeness (QED) is 0.810. The monoisotopic (exact) mass is 388 g/mol. The van der Waals surface area contributed by atoms with Gasteiger partial charge in [0, 0.05) is 10.5 Å². The van der Waals surface area contributed by atoms with E-state index in [4.69, 9.17) is 10.5 Å². The molecular weight excluding hydrogens is 369 g/mol. The van der Waals surface area contributed by atoms with Crippen LogP contribution in [0.25, 0.3) is 11.3 Å². The van der Waals surface area contributed by atoms with Gasteiger partial charge >= 0.3 is 5.97 Å². The molecule has 2 rings (SSSR count). The molecule has 0 saturated carbocycles. The van der Waals surface area contributed by atoms with E-state index < -0.39 is 56.1 Å². The summed E-state index contributed by atoms with van der Waals surface area (Å²) >= 11 is 0. The van der Waals surface area contributed by atoms with Crippen molar-refractivity contribution in [2.24, 2.45) is 0 Å². The topological polar surface area (TPSA) is 74.4 Å². The van der Waals surface area contributed by atoms with Crippen molar-refractivity contribution in [1.29, 1.82) is 0 Å². The predicted octanol–water partition coefficient (Wildman–Crippen LogP) is 3.60. The Balaban J connectivity index is 2.79. The van der Waals surface area contributed by atoms with Crippen LogP contribution in [0, 0.1) is 17.5 Å². The van der Waals surface area contributed by atoms with Crippen molar-refractivity contribution < 1.29 is 27.4 Å². The summed E-state index contributed by atoms with van der Waals surface area (Å²) in [5, 5.41) is 0. The lowest BCUT2D eigenvalue weighted by Crippen LogP contribution is -2.12. The van der Waals surface area contributed by atoms with Crippen LogP contribution in [0.3, 0.4) is 0 Å². The highest BCUT2D eigenvalue weighted by Gasteiger charge is 2.28. The van der Waals surface area contributed by atoms with Gasteiger partial charge in [0.15, 0.2) is 28.9 Å². The fourth-order valence-electron chi connectivity index (χ4n) is 2.37. The Morgan fingerprint density at radius 1 is 1.08 bits per heavy atom. The zero-order valence-electron chi connectivity index (χ0n) is 14.9. The summed E-state index contributed by atoms with van der Waals surface area (Å²) in [6.07, 6.45) is 5.39. The number of nitrogen functional groups attached to an aromatic ring is 1. The summed E-state index contributed by atoms with van der Waals surface area (Å²) < 4.78 is 53.2. The minimum Gasteiger partial charge on any atom is -0.492 e. The zero-order valence-corrected chi connectivity index (χ0v) is 15.8. The van der Waals surface area contributed by atoms with Crippen LogP contribution >= 0.6 is 10.0 Å². The molecule has 9 heteroatoms. The number of rotatable bonds is 4. The van der Waals surface area contributed by atoms with Crippen molar-refractivity contribution in [2.75, 3.05) is 38.7 Å². The third-order valence-corrected chi connectivity index (χ3v) is 5.31. The molecule has 1 aromatic carbocycles. The van der Waals surface area contributed by atoms with Crippen molar-refractivity contribution in [3.8, 4) is 17.0 Å². The van der Waals surface area contributed by atoms with E-state index in [0.717, 1.165) is 7.11 Å². The van der Waals surface area contributed by atoms with Gasteiger partial charge in [-0.25, -0.2) is 33.0 Å². The van der Waals surface area contributed by atoms with Crippen LogP contribution in [0.5, 0.6) is 5.75 Å². The fourth-order valence-corrected chi connectivity index (χ4v) is 3.48. The second kappa shape index (κ2) is 7.06. The van der Waals surface area contributed by atoms with Crippen LogP contribution in [0.1, 0.15) is 10.5 Å². The summed E-state index contributed by atoms with van der Waals surface area (Å²) in [4.78, 5) is 15.9. The maximum Gasteiger partial charge on any atom is 0.360 e. The summed E-state index contributed by atoms with van der Waals surface area (Å²) in [6.45, 7) is 0. The number of benzene rings is 1. The van der Waals surface area contributed by atoms with E-state index in [1.165, 1.54) is 19.2 Å². The summed E-state index contributed by atoms with van der Waals surface area (Å²) in [5.41, 5.74) is 3.61. The van der Waals surface area contributed by atoms with E-state index >= 15 is 0 Å². The van der Waals surface area contributed by atoms with Crippen LogP contribution in [-0.4, -0.2) is 43.9 Å². The SMILES string of the molecule is COC(=O)c1nc(-c2ccc(S(C)(C)C)c(F)c2F)c(F)c(N)c1OC. The lowest BCUT2D eigenvalue weighted by Gasteiger charge is -2.26. The number of hydrogen-bond donors (Lipinski definition) is 1. The molecule has 142 valence electrons. The third kappa shape index (κ3) is 3.31. The van der Waals surface area contributed by atoms with Gasteiger partial charge in [-0.1, -0.05) is 0 Å². The van der Waals surface area contributed by atoms with Gasteiger partial charge in [0.25, 0.3) is 0 Å². The number of methoxy groups -OCH3 is 2. The number of nitrogens with zero attached hydrogens (tertiary/aromatic N) is 1. The molecule has 0 radical (unpaired) electrons. The Morgan fingerprint density at radius 2 is 1.69 bits per heavy atom. The minimum atomic E-state index is -1.56. The Hall–Kier alpha value is -2.42. The van der Waals surface area contributed by atoms with Crippen molar-refractivity contribution in [1.82, 2.24) is 4.98 Å². The number of carbonyl (C=O) groups is 1. The number of anilines is 1. The average molecular weight is 388 g/mol. The Labute approximate surface area is 150 Å². The molecule has 0 bridgehead atoms. The average Bonchev–Trinajstić information content (AvgIpc) is 2.58. The largest absolute Gasteiger partial charge is 0.492 e. The standard InChI is InChI=1S/C17H19F3N2O3S/c1-24-16-13(21)12(20)14(22-15(16)17(23)25-2)8-6-7-9(26(3,4)5)11(19)10(8)18/h6-7H,1-5H3,(H2,21,22). The number of pyridine rings is 1. The second-order valence-electron chi connectivity index (χ2n) is 6.14. The Bertz CT molecular complexity index is 883. The normalized spacial score (nSPS) is 12.0. The predicted molar refractivity (Wildman–Crippen MR) is 95.5 cm³/mol. The fraction of sp³-hybridized carbons (Fsp3) is 0.294. The minimum absolute atomic E-state index is 0.203. The molecule has 0 aliphatic heterocycles. The lowest BCUT2D eigenvalue weighted by atomic mass is 10.1. The Kier molecular flexibility index (Phi) is 5.41. The van der Waals surface area contributed by atoms with Gasteiger partial charge < -0.3 is 15.2 Å². The molecular formula is C17H19F3N2O3S. The molecule has 0 fully saturated rings. The van der Waals surface area contributed by atoms with Crippen LogP contribution < -0.4 is 10.5 Å². The molecule has 26 heavy (non-hydrogen) atoms. The van der Waals surface area contributed by atoms with Crippen LogP contribution in [-0.2, 0) is 4.74 Å². The van der Waals surface area contributed by atoms with Gasteiger partial charge in [0.05, 0.1) is 14.2 Å². The summed E-state index contributed by atoms with van der Waals surface area (Å²) in [5.74, 6) is -4.76. The molecule has 0 aliphatic rings. The number of nitrogens with two attached hydrogens (primary N) is 1. The highest BCUT2D eigenvalue weighted by atomic mass is 32.3. The molecule has 2 aromatic rings. The number of halogens is 3. The molecule has 1 aromatic heterocycles. The first-order chi connectivity index (χ1) is 12.0. The van der Waals surface area contributed by atoms with Crippen molar-refractivity contribution in [2.45, 2.75) is 4.90 Å². The van der Waals surface area contributed by atoms with Crippen LogP contribution in [0.15, 0.2) is 17.0 Å². The van der Waals surface area contributed by atoms with E-state index in [1.54, 1.807) is 18.8 Å². The van der Waals surface area contributed by atoms with Crippen LogP contribution in [0.2, 0.25) is 0 Å². The van der Waals surface area contributed by atoms with Gasteiger partial charge in [-0.15, -0.1) is 0 Å². The Morgan fingerprint density at radius 3 is 2.19 bits per heavy atom. The smallest absolute Gasteiger partial charge is 0.360 e. The number of ether oxygens (including phenoxy) is 2. The molecule has 5 nitrogen and oxygen atoms in total. The highest BCUT2D eigenvalue weighted by Crippen LogP contribution is 2.48. The van der Waals surface area contributed by atoms with Gasteiger partial charge in [0.2, 0.25) is 0 Å². The highest BCUT2D eigenvalue weighted by molar-refractivity contribution is 8.32. The summed E-state index contributed by atoms with van der Waals surface area (Å²) in [6, 6.07) is 2.59. The molecule has 0 spiro atoms. The maximum atomic E-state index is 14.6. The number of carbonyl (C=O) groups excluding carboxylic acids is 1. The van der Waals surface area contributed by atoms with E-state index in [1.807, 2.05) is 0 Å². The zero-order chi connectivity index (χ0) is 19.8. The number of esters is 1. The molecule has 1 heterocycles. The van der Waals surface area contributed by atoms with Gasteiger partial charge in [-0.2, -0.15) is 0 Å². The van der Waals surface area contributed by atoms with Gasteiger partial charge in [-0.3, -0.25) is 0 Å². The van der Waals surface area contributed by atoms with E-state index in [-0.39, 0.29) is 10.6 Å². The van der Waals surface area contributed by atoms with Crippen molar-refractivity contribution in [3.63, 3.8) is 0 Å². The summed E-state index contributed by atoms with van der Waals surface area (Å²) in [7, 11) is 0.696. The molecule has 0 saturated heterocycles. The van der Waals surface area contributed by atoms with Crippen molar-refractivity contribution in [3.05, 3.63) is 35.3 Å². The van der Waals surface area contributed by atoms with Crippen molar-refractivity contribution >= 4 is 21.7 Å². The van der Waals surface area contributed by atoms with Gasteiger partial charge in [0.1, 0.15) is 11.4 Å². The molecule has 0 unspecified atom stereocenters. The molecule has 0 aliphatic carbocycles.